The molecule has 2 aromatic carbocycles. The lowest BCUT2D eigenvalue weighted by Gasteiger charge is -2.10. The van der Waals surface area contributed by atoms with Gasteiger partial charge in [0.2, 0.25) is 0 Å². The average Bonchev–Trinajstić information content (AvgIpc) is 2.48. The van der Waals surface area contributed by atoms with Gasteiger partial charge in [-0.25, -0.2) is 4.79 Å². The Kier molecular flexibility index (Phi) is 5.09. The Morgan fingerprint density at radius 1 is 1.29 bits per heavy atom. The average molecular weight is 371 g/mol. The van der Waals surface area contributed by atoms with Crippen LogP contribution >= 0.6 is 27.5 Å². The summed E-state index contributed by atoms with van der Waals surface area (Å²) < 4.78 is 11.2. The van der Waals surface area contributed by atoms with Gasteiger partial charge in [0.1, 0.15) is 12.4 Å². The van der Waals surface area contributed by atoms with Crippen molar-refractivity contribution in [2.45, 2.75) is 6.61 Å². The van der Waals surface area contributed by atoms with Crippen LogP contribution in [0.15, 0.2) is 40.9 Å². The molecule has 0 aliphatic carbocycles. The molecule has 0 amide bonds. The summed E-state index contributed by atoms with van der Waals surface area (Å²) >= 11 is 9.25. The molecule has 0 unspecified atom stereocenters. The molecule has 0 aliphatic heterocycles. The maximum Gasteiger partial charge on any atom is 0.340 e. The van der Waals surface area contributed by atoms with Gasteiger partial charge in [0.05, 0.1) is 12.7 Å². The minimum atomic E-state index is -0.523. The first-order valence-corrected chi connectivity index (χ1v) is 7.23. The lowest BCUT2D eigenvalue weighted by atomic mass is 10.2. The molecule has 0 atom stereocenters. The van der Waals surface area contributed by atoms with E-state index in [1.54, 1.807) is 25.3 Å². The molecule has 0 saturated carbocycles. The highest BCUT2D eigenvalue weighted by atomic mass is 79.9. The lowest BCUT2D eigenvalue weighted by Crippen LogP contribution is -2.08. The maximum atomic E-state index is 12.0. The highest BCUT2D eigenvalue weighted by molar-refractivity contribution is 9.10. The molecule has 0 radical (unpaired) electrons. The second-order valence-corrected chi connectivity index (χ2v) is 5.56. The number of hydrogen-bond acceptors (Lipinski definition) is 4. The van der Waals surface area contributed by atoms with Crippen molar-refractivity contribution in [1.82, 2.24) is 0 Å². The first-order chi connectivity index (χ1) is 10.0. The summed E-state index contributed by atoms with van der Waals surface area (Å²) in [6, 6.07) is 10.1. The minimum Gasteiger partial charge on any atom is -0.497 e. The van der Waals surface area contributed by atoms with Crippen molar-refractivity contribution >= 4 is 39.2 Å². The third kappa shape index (κ3) is 3.89. The molecule has 110 valence electrons. The summed E-state index contributed by atoms with van der Waals surface area (Å²) in [4.78, 5) is 12.0. The topological polar surface area (TPSA) is 61.5 Å². The number of methoxy groups -OCH3 is 1. The Hall–Kier alpha value is -1.72. The van der Waals surface area contributed by atoms with Crippen molar-refractivity contribution in [3.63, 3.8) is 0 Å². The van der Waals surface area contributed by atoms with E-state index < -0.39 is 5.97 Å². The number of nitrogen functional groups attached to an aromatic ring is 1. The number of halogens is 2. The van der Waals surface area contributed by atoms with Crippen LogP contribution in [0.1, 0.15) is 15.9 Å². The number of carbonyl (C=O) groups is 1. The van der Waals surface area contributed by atoms with Gasteiger partial charge >= 0.3 is 5.97 Å². The van der Waals surface area contributed by atoms with E-state index in [9.17, 15) is 4.79 Å². The van der Waals surface area contributed by atoms with Gasteiger partial charge in [-0.1, -0.05) is 27.5 Å². The van der Waals surface area contributed by atoms with Crippen molar-refractivity contribution in [3.8, 4) is 5.75 Å². The minimum absolute atomic E-state index is 0.0998. The van der Waals surface area contributed by atoms with Crippen molar-refractivity contribution in [2.24, 2.45) is 0 Å². The molecule has 0 fully saturated rings. The van der Waals surface area contributed by atoms with Crippen LogP contribution in [-0.4, -0.2) is 13.1 Å². The van der Waals surface area contributed by atoms with Crippen molar-refractivity contribution in [1.29, 1.82) is 0 Å². The summed E-state index contributed by atoms with van der Waals surface area (Å²) in [6.45, 7) is 0.0998. The Balaban J connectivity index is 2.12. The number of benzene rings is 2. The van der Waals surface area contributed by atoms with Gasteiger partial charge in [0.15, 0.2) is 0 Å². The van der Waals surface area contributed by atoms with Crippen LogP contribution in [0, 0.1) is 0 Å². The summed E-state index contributed by atoms with van der Waals surface area (Å²) in [5.74, 6) is 0.163. The number of nitrogens with two attached hydrogens (primary N) is 1. The van der Waals surface area contributed by atoms with Crippen LogP contribution in [0.3, 0.4) is 0 Å². The summed E-state index contributed by atoms with van der Waals surface area (Å²) in [5, 5.41) is 0.429. The zero-order valence-electron chi connectivity index (χ0n) is 11.2. The van der Waals surface area contributed by atoms with Gasteiger partial charge in [0, 0.05) is 20.7 Å². The van der Waals surface area contributed by atoms with Crippen LogP contribution < -0.4 is 10.5 Å². The van der Waals surface area contributed by atoms with Crippen LogP contribution in [0.4, 0.5) is 5.69 Å². The summed E-state index contributed by atoms with van der Waals surface area (Å²) in [5.41, 5.74) is 7.12. The van der Waals surface area contributed by atoms with Crippen molar-refractivity contribution < 1.29 is 14.3 Å². The van der Waals surface area contributed by atoms with E-state index in [4.69, 9.17) is 26.8 Å². The molecule has 0 saturated heterocycles. The largest absolute Gasteiger partial charge is 0.497 e. The van der Waals surface area contributed by atoms with Gasteiger partial charge in [-0.3, -0.25) is 0 Å². The second kappa shape index (κ2) is 6.83. The number of ether oxygens (including phenoxy) is 2. The molecule has 0 bridgehead atoms. The van der Waals surface area contributed by atoms with Crippen LogP contribution in [-0.2, 0) is 11.3 Å². The number of esters is 1. The van der Waals surface area contributed by atoms with Crippen LogP contribution in [0.5, 0.6) is 5.75 Å². The first-order valence-electron chi connectivity index (χ1n) is 6.06. The van der Waals surface area contributed by atoms with Gasteiger partial charge in [-0.05, 0) is 36.4 Å². The fourth-order valence-corrected chi connectivity index (χ4v) is 2.25. The number of hydrogen-bond donors (Lipinski definition) is 1. The molecule has 6 heteroatoms. The van der Waals surface area contributed by atoms with E-state index >= 15 is 0 Å². The molecule has 21 heavy (non-hydrogen) atoms. The fourth-order valence-electron chi connectivity index (χ4n) is 1.72. The molecule has 0 aliphatic rings. The van der Waals surface area contributed by atoms with E-state index in [-0.39, 0.29) is 12.2 Å². The first kappa shape index (κ1) is 15.7. The standard InChI is InChI=1S/C15H13BrClNO3/c1-20-11-3-4-13(16)9(6-11)8-21-15(19)12-7-10(17)2-5-14(12)18/h2-7H,8,18H2,1H3. The smallest absolute Gasteiger partial charge is 0.340 e. The molecule has 0 spiro atoms. The number of anilines is 1. The van der Waals surface area contributed by atoms with Gasteiger partial charge in [-0.15, -0.1) is 0 Å². The molecule has 0 heterocycles. The predicted octanol–water partition coefficient (Wildman–Crippen LogP) is 4.05. The second-order valence-electron chi connectivity index (χ2n) is 4.27. The van der Waals surface area contributed by atoms with E-state index in [1.165, 1.54) is 6.07 Å². The monoisotopic (exact) mass is 369 g/mol. The van der Waals surface area contributed by atoms with E-state index in [0.717, 1.165) is 10.0 Å². The zero-order chi connectivity index (χ0) is 15.4. The molecular formula is C15H13BrClNO3. The number of carbonyl (C=O) groups excluding carboxylic acids is 1. The van der Waals surface area contributed by atoms with E-state index in [0.29, 0.717) is 16.5 Å². The summed E-state index contributed by atoms with van der Waals surface area (Å²) in [6.07, 6.45) is 0. The third-order valence-electron chi connectivity index (χ3n) is 2.85. The van der Waals surface area contributed by atoms with Crippen molar-refractivity contribution in [2.75, 3.05) is 12.8 Å². The SMILES string of the molecule is COc1ccc(Br)c(COC(=O)c2cc(Cl)ccc2N)c1. The van der Waals surface area contributed by atoms with Gasteiger partial charge in [0.25, 0.3) is 0 Å². The molecule has 2 rings (SSSR count). The van der Waals surface area contributed by atoms with Crippen molar-refractivity contribution in [3.05, 3.63) is 57.0 Å². The fraction of sp³-hybridized carbons (Fsp3) is 0.133. The quantitative estimate of drug-likeness (QED) is 0.651. The summed E-state index contributed by atoms with van der Waals surface area (Å²) in [7, 11) is 1.58. The number of rotatable bonds is 4. The Morgan fingerprint density at radius 2 is 2.05 bits per heavy atom. The molecule has 2 N–H and O–H groups in total. The van der Waals surface area contributed by atoms with E-state index in [2.05, 4.69) is 15.9 Å². The lowest BCUT2D eigenvalue weighted by molar-refractivity contribution is 0.0473. The Morgan fingerprint density at radius 3 is 2.76 bits per heavy atom. The normalized spacial score (nSPS) is 10.2. The van der Waals surface area contributed by atoms with Crippen LogP contribution in [0.25, 0.3) is 0 Å². The highest BCUT2D eigenvalue weighted by Gasteiger charge is 2.13. The van der Waals surface area contributed by atoms with Gasteiger partial charge in [-0.2, -0.15) is 0 Å². The molecule has 4 nitrogen and oxygen atoms in total. The Bertz CT molecular complexity index is 676. The maximum absolute atomic E-state index is 12.0. The molecule has 2 aromatic rings. The third-order valence-corrected chi connectivity index (χ3v) is 3.86. The highest BCUT2D eigenvalue weighted by Crippen LogP contribution is 2.24. The Labute approximate surface area is 135 Å². The van der Waals surface area contributed by atoms with E-state index in [1.807, 2.05) is 12.1 Å². The molecular weight excluding hydrogens is 358 g/mol. The van der Waals surface area contributed by atoms with Gasteiger partial charge < -0.3 is 15.2 Å². The predicted molar refractivity (Wildman–Crippen MR) is 85.7 cm³/mol. The zero-order valence-corrected chi connectivity index (χ0v) is 13.6. The van der Waals surface area contributed by atoms with Crippen LogP contribution in [0.2, 0.25) is 5.02 Å². The molecule has 0 aromatic heterocycles.